The van der Waals surface area contributed by atoms with Crippen molar-refractivity contribution in [3.05, 3.63) is 59.9 Å². The van der Waals surface area contributed by atoms with Gasteiger partial charge in [-0.15, -0.1) is 0 Å². The number of ether oxygens (including phenoxy) is 1. The van der Waals surface area contributed by atoms with Gasteiger partial charge in [0.1, 0.15) is 17.6 Å². The molecular weight excluding hydrogens is 295 g/mol. The van der Waals surface area contributed by atoms with Crippen molar-refractivity contribution < 1.29 is 22.7 Å². The summed E-state index contributed by atoms with van der Waals surface area (Å²) in [7, 11) is 1.49. The first-order chi connectivity index (χ1) is 10.4. The van der Waals surface area contributed by atoms with Crippen LogP contribution in [-0.2, 0) is 4.79 Å². The van der Waals surface area contributed by atoms with Crippen LogP contribution >= 0.6 is 0 Å². The molecular formula is C16H12F3NO2. The van der Waals surface area contributed by atoms with E-state index in [2.05, 4.69) is 0 Å². The van der Waals surface area contributed by atoms with E-state index in [4.69, 9.17) is 4.74 Å². The summed E-state index contributed by atoms with van der Waals surface area (Å²) in [5.41, 5.74) is 0.521. The minimum atomic E-state index is -3.50. The average molecular weight is 307 g/mol. The standard InChI is InChI=1S/C16H12F3NO2/c1-22-13-8-6-12(7-9-13)20-14(16(18,19)15(20)21)10-2-4-11(17)5-3-10/h2-9,14H,1H3. The molecule has 1 saturated heterocycles. The van der Waals surface area contributed by atoms with Crippen LogP contribution < -0.4 is 9.64 Å². The Labute approximate surface area is 124 Å². The molecule has 1 amide bonds. The molecule has 0 bridgehead atoms. The number of carbonyl (C=O) groups excluding carboxylic acids is 1. The number of hydrogen-bond acceptors (Lipinski definition) is 2. The topological polar surface area (TPSA) is 29.5 Å². The fourth-order valence-corrected chi connectivity index (χ4v) is 2.50. The number of nitrogens with zero attached hydrogens (tertiary/aromatic N) is 1. The first-order valence-corrected chi connectivity index (χ1v) is 6.56. The quantitative estimate of drug-likeness (QED) is 0.812. The molecule has 1 atom stereocenters. The molecule has 3 nitrogen and oxygen atoms in total. The molecule has 1 unspecified atom stereocenters. The van der Waals surface area contributed by atoms with Gasteiger partial charge < -0.3 is 4.74 Å². The van der Waals surface area contributed by atoms with E-state index in [0.717, 1.165) is 17.0 Å². The third-order valence-corrected chi connectivity index (χ3v) is 3.64. The van der Waals surface area contributed by atoms with Crippen LogP contribution in [0.2, 0.25) is 0 Å². The Hall–Kier alpha value is -2.50. The maximum atomic E-state index is 14.0. The van der Waals surface area contributed by atoms with Gasteiger partial charge in [0.2, 0.25) is 0 Å². The number of anilines is 1. The number of methoxy groups -OCH3 is 1. The number of alkyl halides is 2. The van der Waals surface area contributed by atoms with Gasteiger partial charge in [-0.25, -0.2) is 4.39 Å². The predicted molar refractivity (Wildman–Crippen MR) is 74.6 cm³/mol. The van der Waals surface area contributed by atoms with Crippen LogP contribution in [0.3, 0.4) is 0 Å². The summed E-state index contributed by atoms with van der Waals surface area (Å²) in [5.74, 6) is -4.74. The van der Waals surface area contributed by atoms with Gasteiger partial charge in [0.05, 0.1) is 7.11 Å². The Morgan fingerprint density at radius 3 is 2.18 bits per heavy atom. The molecule has 2 aromatic rings. The third kappa shape index (κ3) is 2.11. The van der Waals surface area contributed by atoms with Gasteiger partial charge in [0.25, 0.3) is 0 Å². The van der Waals surface area contributed by atoms with Crippen LogP contribution in [0, 0.1) is 5.82 Å². The summed E-state index contributed by atoms with van der Waals surface area (Å²) in [6.45, 7) is 0. The number of hydrogen-bond donors (Lipinski definition) is 0. The van der Waals surface area contributed by atoms with E-state index in [0.29, 0.717) is 11.4 Å². The Balaban J connectivity index is 1.98. The Bertz CT molecular complexity index is 698. The number of carbonyl (C=O) groups is 1. The van der Waals surface area contributed by atoms with Gasteiger partial charge in [-0.3, -0.25) is 9.69 Å². The number of amides is 1. The third-order valence-electron chi connectivity index (χ3n) is 3.64. The second-order valence-electron chi connectivity index (χ2n) is 4.95. The van der Waals surface area contributed by atoms with Crippen molar-refractivity contribution in [2.75, 3.05) is 12.0 Å². The zero-order valence-corrected chi connectivity index (χ0v) is 11.6. The molecule has 6 heteroatoms. The van der Waals surface area contributed by atoms with Gasteiger partial charge in [0, 0.05) is 5.69 Å². The average Bonchev–Trinajstić information content (AvgIpc) is 2.53. The molecule has 1 aliphatic heterocycles. The molecule has 22 heavy (non-hydrogen) atoms. The lowest BCUT2D eigenvalue weighted by Gasteiger charge is -2.46. The van der Waals surface area contributed by atoms with Crippen molar-refractivity contribution in [2.24, 2.45) is 0 Å². The van der Waals surface area contributed by atoms with Gasteiger partial charge in [-0.1, -0.05) is 12.1 Å². The van der Waals surface area contributed by atoms with E-state index < -0.39 is 23.7 Å². The van der Waals surface area contributed by atoms with Crippen LogP contribution in [0.25, 0.3) is 0 Å². The molecule has 114 valence electrons. The highest BCUT2D eigenvalue weighted by Gasteiger charge is 2.64. The van der Waals surface area contributed by atoms with Crippen LogP contribution in [0.1, 0.15) is 11.6 Å². The minimum absolute atomic E-state index is 0.182. The smallest absolute Gasteiger partial charge is 0.349 e. The highest BCUT2D eigenvalue weighted by molar-refractivity contribution is 6.07. The molecule has 0 aromatic heterocycles. The summed E-state index contributed by atoms with van der Waals surface area (Å²) in [4.78, 5) is 12.8. The van der Waals surface area contributed by atoms with Crippen molar-refractivity contribution >= 4 is 11.6 Å². The van der Waals surface area contributed by atoms with Crippen molar-refractivity contribution in [3.63, 3.8) is 0 Å². The molecule has 2 aromatic carbocycles. The van der Waals surface area contributed by atoms with Crippen molar-refractivity contribution in [1.82, 2.24) is 0 Å². The van der Waals surface area contributed by atoms with Crippen molar-refractivity contribution in [2.45, 2.75) is 12.0 Å². The molecule has 0 saturated carbocycles. The second-order valence-corrected chi connectivity index (χ2v) is 4.95. The highest BCUT2D eigenvalue weighted by atomic mass is 19.3. The van der Waals surface area contributed by atoms with Crippen molar-refractivity contribution in [1.29, 1.82) is 0 Å². The van der Waals surface area contributed by atoms with Crippen molar-refractivity contribution in [3.8, 4) is 5.75 Å². The van der Waals surface area contributed by atoms with E-state index in [9.17, 15) is 18.0 Å². The second kappa shape index (κ2) is 5.05. The fraction of sp³-hybridized carbons (Fsp3) is 0.188. The minimum Gasteiger partial charge on any atom is -0.497 e. The van der Waals surface area contributed by atoms with E-state index >= 15 is 0 Å². The molecule has 1 heterocycles. The maximum Gasteiger partial charge on any atom is 0.349 e. The Morgan fingerprint density at radius 2 is 1.64 bits per heavy atom. The SMILES string of the molecule is COc1ccc(N2C(=O)C(F)(F)C2c2ccc(F)cc2)cc1. The normalized spacial score (nSPS) is 19.7. The first kappa shape index (κ1) is 14.4. The van der Waals surface area contributed by atoms with Crippen LogP contribution in [0.4, 0.5) is 18.9 Å². The maximum absolute atomic E-state index is 14.0. The molecule has 0 N–H and O–H groups in total. The number of rotatable bonds is 3. The summed E-state index contributed by atoms with van der Waals surface area (Å²) < 4.78 is 45.9. The summed E-state index contributed by atoms with van der Waals surface area (Å²) in [5, 5.41) is 0. The molecule has 3 rings (SSSR count). The Morgan fingerprint density at radius 1 is 1.05 bits per heavy atom. The first-order valence-electron chi connectivity index (χ1n) is 6.56. The molecule has 0 spiro atoms. The summed E-state index contributed by atoms with van der Waals surface area (Å²) in [6.07, 6.45) is 0. The number of halogens is 3. The lowest BCUT2D eigenvalue weighted by atomic mass is 9.89. The van der Waals surface area contributed by atoms with Crippen LogP contribution in [0.5, 0.6) is 5.75 Å². The van der Waals surface area contributed by atoms with Crippen LogP contribution in [-0.4, -0.2) is 18.9 Å². The lowest BCUT2D eigenvalue weighted by Crippen LogP contribution is -2.64. The summed E-state index contributed by atoms with van der Waals surface area (Å²) >= 11 is 0. The highest BCUT2D eigenvalue weighted by Crippen LogP contribution is 2.49. The molecule has 1 fully saturated rings. The largest absolute Gasteiger partial charge is 0.497 e. The van der Waals surface area contributed by atoms with E-state index in [1.807, 2.05) is 0 Å². The monoisotopic (exact) mass is 307 g/mol. The number of β-lactam (4-membered cyclic amide) rings is 1. The van der Waals surface area contributed by atoms with Gasteiger partial charge in [-0.2, -0.15) is 8.78 Å². The lowest BCUT2D eigenvalue weighted by molar-refractivity contribution is -0.162. The fourth-order valence-electron chi connectivity index (χ4n) is 2.50. The van der Waals surface area contributed by atoms with E-state index in [1.54, 1.807) is 12.1 Å². The molecule has 0 radical (unpaired) electrons. The van der Waals surface area contributed by atoms with Crippen LogP contribution in [0.15, 0.2) is 48.5 Å². The molecule has 1 aliphatic rings. The zero-order valence-electron chi connectivity index (χ0n) is 11.6. The van der Waals surface area contributed by atoms with E-state index in [1.165, 1.54) is 31.4 Å². The molecule has 0 aliphatic carbocycles. The van der Waals surface area contributed by atoms with E-state index in [-0.39, 0.29) is 5.56 Å². The zero-order chi connectivity index (χ0) is 15.9. The number of benzene rings is 2. The summed E-state index contributed by atoms with van der Waals surface area (Å²) in [6, 6.07) is 9.51. The van der Waals surface area contributed by atoms with Gasteiger partial charge in [0.15, 0.2) is 0 Å². The van der Waals surface area contributed by atoms with Gasteiger partial charge in [-0.05, 0) is 42.0 Å². The Kier molecular flexibility index (Phi) is 3.31. The van der Waals surface area contributed by atoms with Gasteiger partial charge >= 0.3 is 11.8 Å². The predicted octanol–water partition coefficient (Wildman–Crippen LogP) is 3.56.